The summed E-state index contributed by atoms with van der Waals surface area (Å²) >= 11 is 6.93. The van der Waals surface area contributed by atoms with E-state index in [0.29, 0.717) is 6.42 Å². The van der Waals surface area contributed by atoms with Gasteiger partial charge in [0.2, 0.25) is 0 Å². The van der Waals surface area contributed by atoms with E-state index in [9.17, 15) is 13.2 Å². The molecule has 1 unspecified atom stereocenters. The van der Waals surface area contributed by atoms with Gasteiger partial charge in [-0.1, -0.05) is 50.1 Å². The summed E-state index contributed by atoms with van der Waals surface area (Å²) in [5.74, 6) is 0.269. The van der Waals surface area contributed by atoms with Crippen molar-refractivity contribution < 1.29 is 17.9 Å². The number of benzene rings is 1. The van der Waals surface area contributed by atoms with Crippen LogP contribution in [0.25, 0.3) is 0 Å². The van der Waals surface area contributed by atoms with E-state index < -0.39 is 12.8 Å². The Morgan fingerprint density at radius 1 is 1.21 bits per heavy atom. The summed E-state index contributed by atoms with van der Waals surface area (Å²) < 4.78 is 41.3. The number of ether oxygens (including phenoxy) is 1. The van der Waals surface area contributed by atoms with Crippen molar-refractivity contribution in [1.82, 2.24) is 0 Å². The van der Waals surface area contributed by atoms with Crippen molar-refractivity contribution >= 4 is 31.9 Å². The van der Waals surface area contributed by atoms with Crippen LogP contribution in [0, 0.1) is 0 Å². The summed E-state index contributed by atoms with van der Waals surface area (Å²) in [5.41, 5.74) is 1.16. The third-order valence-corrected chi connectivity index (χ3v) is 4.14. The van der Waals surface area contributed by atoms with Gasteiger partial charge in [-0.25, -0.2) is 0 Å². The molecule has 1 aromatic rings. The van der Waals surface area contributed by atoms with E-state index in [1.165, 1.54) is 0 Å². The van der Waals surface area contributed by atoms with Gasteiger partial charge in [-0.3, -0.25) is 0 Å². The van der Waals surface area contributed by atoms with Crippen LogP contribution in [-0.2, 0) is 4.74 Å². The van der Waals surface area contributed by atoms with Gasteiger partial charge in [-0.2, -0.15) is 13.2 Å². The molecule has 6 heteroatoms. The fourth-order valence-electron chi connectivity index (χ4n) is 1.74. The van der Waals surface area contributed by atoms with Gasteiger partial charge in [0.25, 0.3) is 0 Å². The van der Waals surface area contributed by atoms with Crippen LogP contribution >= 0.6 is 31.9 Å². The van der Waals surface area contributed by atoms with E-state index in [2.05, 4.69) is 36.6 Å². The van der Waals surface area contributed by atoms with E-state index in [0.717, 1.165) is 21.8 Å². The molecule has 0 spiro atoms. The fourth-order valence-corrected chi connectivity index (χ4v) is 3.02. The molecule has 0 aliphatic carbocycles. The molecule has 0 radical (unpaired) electrons. The summed E-state index contributed by atoms with van der Waals surface area (Å²) in [6.07, 6.45) is -2.85. The van der Waals surface area contributed by atoms with Gasteiger partial charge in [-0.15, -0.1) is 0 Å². The summed E-state index contributed by atoms with van der Waals surface area (Å²) in [4.78, 5) is 0. The molecule has 0 saturated heterocycles. The maximum absolute atomic E-state index is 11.9. The molecule has 0 amide bonds. The van der Waals surface area contributed by atoms with Crippen LogP contribution in [0.15, 0.2) is 28.7 Å². The zero-order valence-electron chi connectivity index (χ0n) is 10.2. The van der Waals surface area contributed by atoms with Crippen molar-refractivity contribution in [3.8, 4) is 0 Å². The van der Waals surface area contributed by atoms with Gasteiger partial charge < -0.3 is 4.74 Å². The highest BCUT2D eigenvalue weighted by Gasteiger charge is 2.27. The number of rotatable bonds is 7. The highest BCUT2D eigenvalue weighted by atomic mass is 79.9. The van der Waals surface area contributed by atoms with E-state index in [4.69, 9.17) is 0 Å². The lowest BCUT2D eigenvalue weighted by molar-refractivity contribution is -0.174. The highest BCUT2D eigenvalue weighted by molar-refractivity contribution is 9.10. The number of alkyl halides is 4. The monoisotopic (exact) mass is 402 g/mol. The first-order chi connectivity index (χ1) is 8.94. The Hall–Kier alpha value is -0.0700. The largest absolute Gasteiger partial charge is 0.411 e. The fraction of sp³-hybridized carbons (Fsp3) is 0.538. The van der Waals surface area contributed by atoms with Gasteiger partial charge in [0.15, 0.2) is 0 Å². The Morgan fingerprint density at radius 2 is 1.89 bits per heavy atom. The molecule has 0 heterocycles. The van der Waals surface area contributed by atoms with Crippen LogP contribution < -0.4 is 0 Å². The van der Waals surface area contributed by atoms with Gasteiger partial charge in [-0.05, 0) is 30.4 Å². The van der Waals surface area contributed by atoms with Crippen molar-refractivity contribution in [2.24, 2.45) is 0 Å². The second-order valence-corrected chi connectivity index (χ2v) is 5.68. The first-order valence-electron chi connectivity index (χ1n) is 5.89. The molecular formula is C13H15Br2F3O. The van der Waals surface area contributed by atoms with Crippen LogP contribution in [0.3, 0.4) is 0 Å². The van der Waals surface area contributed by atoms with E-state index in [-0.39, 0.29) is 12.5 Å². The van der Waals surface area contributed by atoms with Gasteiger partial charge in [0.05, 0.1) is 0 Å². The Labute approximate surface area is 127 Å². The number of hydrogen-bond donors (Lipinski definition) is 0. The van der Waals surface area contributed by atoms with Crippen molar-refractivity contribution in [2.75, 3.05) is 18.5 Å². The van der Waals surface area contributed by atoms with Gasteiger partial charge >= 0.3 is 6.18 Å². The molecule has 108 valence electrons. The minimum atomic E-state index is -4.24. The van der Waals surface area contributed by atoms with Crippen LogP contribution in [-0.4, -0.2) is 24.7 Å². The Kier molecular flexibility index (Phi) is 7.39. The van der Waals surface area contributed by atoms with Crippen molar-refractivity contribution in [1.29, 1.82) is 0 Å². The number of halogens is 5. The lowest BCUT2D eigenvalue weighted by Crippen LogP contribution is -2.17. The zero-order valence-corrected chi connectivity index (χ0v) is 13.4. The average Bonchev–Trinajstić information content (AvgIpc) is 2.34. The molecule has 0 bridgehead atoms. The predicted octanol–water partition coefficient (Wildman–Crippen LogP) is 5.29. The van der Waals surface area contributed by atoms with Crippen molar-refractivity contribution in [3.05, 3.63) is 34.3 Å². The highest BCUT2D eigenvalue weighted by Crippen LogP contribution is 2.29. The van der Waals surface area contributed by atoms with Crippen LogP contribution in [0.5, 0.6) is 0 Å². The molecule has 0 N–H and O–H groups in total. The van der Waals surface area contributed by atoms with Crippen LogP contribution in [0.2, 0.25) is 0 Å². The van der Waals surface area contributed by atoms with Crippen molar-refractivity contribution in [3.63, 3.8) is 0 Å². The number of hydrogen-bond acceptors (Lipinski definition) is 1. The van der Waals surface area contributed by atoms with E-state index in [1.807, 2.05) is 24.3 Å². The third-order valence-electron chi connectivity index (χ3n) is 2.64. The second kappa shape index (κ2) is 8.27. The summed E-state index contributed by atoms with van der Waals surface area (Å²) in [6.45, 7) is -1.03. The lowest BCUT2D eigenvalue weighted by Gasteiger charge is -2.16. The lowest BCUT2D eigenvalue weighted by atomic mass is 9.96. The summed E-state index contributed by atoms with van der Waals surface area (Å²) in [7, 11) is 0. The molecular weight excluding hydrogens is 389 g/mol. The van der Waals surface area contributed by atoms with Crippen molar-refractivity contribution in [2.45, 2.75) is 24.9 Å². The third kappa shape index (κ3) is 6.77. The van der Waals surface area contributed by atoms with Gasteiger partial charge in [0.1, 0.15) is 6.61 Å². The molecule has 0 aromatic heterocycles. The SMILES string of the molecule is FC(F)(F)COCCCC(CBr)c1ccccc1Br. The molecule has 1 rings (SSSR count). The maximum atomic E-state index is 11.9. The minimum Gasteiger partial charge on any atom is -0.372 e. The molecule has 1 aromatic carbocycles. The van der Waals surface area contributed by atoms with Crippen LogP contribution in [0.4, 0.5) is 13.2 Å². The van der Waals surface area contributed by atoms with Crippen LogP contribution in [0.1, 0.15) is 24.3 Å². The first kappa shape index (κ1) is 17.0. The topological polar surface area (TPSA) is 9.23 Å². The quantitative estimate of drug-likeness (QED) is 0.444. The predicted molar refractivity (Wildman–Crippen MR) is 76.8 cm³/mol. The standard InChI is InChI=1S/C13H15Br2F3O/c14-8-10(11-5-1-2-6-12(11)15)4-3-7-19-9-13(16,17)18/h1-2,5-6,10H,3-4,7-9H2. The Balaban J connectivity index is 2.36. The molecule has 0 aliphatic rings. The molecule has 19 heavy (non-hydrogen) atoms. The molecule has 0 aliphatic heterocycles. The summed E-state index contributed by atoms with van der Waals surface area (Å²) in [6, 6.07) is 7.87. The average molecular weight is 404 g/mol. The molecule has 1 nitrogen and oxygen atoms in total. The molecule has 0 saturated carbocycles. The maximum Gasteiger partial charge on any atom is 0.411 e. The normalized spacial score (nSPS) is 13.5. The first-order valence-corrected chi connectivity index (χ1v) is 7.80. The zero-order chi connectivity index (χ0) is 14.3. The molecule has 1 atom stereocenters. The minimum absolute atomic E-state index is 0.132. The van der Waals surface area contributed by atoms with Gasteiger partial charge in [0, 0.05) is 16.4 Å². The summed E-state index contributed by atoms with van der Waals surface area (Å²) in [5, 5.41) is 0.773. The Morgan fingerprint density at radius 3 is 2.47 bits per heavy atom. The Bertz CT molecular complexity index is 382. The molecule has 0 fully saturated rings. The second-order valence-electron chi connectivity index (χ2n) is 4.18. The smallest absolute Gasteiger partial charge is 0.372 e. The van der Waals surface area contributed by atoms with E-state index in [1.54, 1.807) is 0 Å². The van der Waals surface area contributed by atoms with E-state index >= 15 is 0 Å².